The van der Waals surface area contributed by atoms with Crippen LogP contribution in [-0.4, -0.2) is 20.5 Å². The van der Waals surface area contributed by atoms with Crippen LogP contribution in [0.4, 0.5) is 4.39 Å². The van der Waals surface area contributed by atoms with Gasteiger partial charge in [0.2, 0.25) is 5.50 Å². The summed E-state index contributed by atoms with van der Waals surface area (Å²) in [5.74, 6) is 0. The molecular weight excluding hydrogens is 425 g/mol. The zero-order valence-corrected chi connectivity index (χ0v) is 22.4. The van der Waals surface area contributed by atoms with E-state index in [0.717, 1.165) is 25.7 Å². The topological polar surface area (TPSA) is 78.4 Å². The summed E-state index contributed by atoms with van der Waals surface area (Å²) >= 11 is 0. The van der Waals surface area contributed by atoms with Gasteiger partial charge in [0, 0.05) is 0 Å². The van der Waals surface area contributed by atoms with E-state index in [1.54, 1.807) is 0 Å². The van der Waals surface area contributed by atoms with Gasteiger partial charge in [0.25, 0.3) is 10.1 Å². The van der Waals surface area contributed by atoms with Crippen molar-refractivity contribution in [1.82, 2.24) is 6.15 Å². The van der Waals surface area contributed by atoms with Crippen molar-refractivity contribution in [3.8, 4) is 0 Å². The molecule has 0 aromatic heterocycles. The minimum atomic E-state index is -4.05. The third kappa shape index (κ3) is 23.0. The highest BCUT2D eigenvalue weighted by atomic mass is 32.2. The normalized spacial score (nSPS) is 12.6. The largest absolute Gasteiger partial charge is 0.344 e. The predicted octanol–water partition coefficient (Wildman–Crippen LogP) is 9.41. The van der Waals surface area contributed by atoms with Gasteiger partial charge >= 0.3 is 0 Å². The molecule has 0 aromatic rings. The van der Waals surface area contributed by atoms with E-state index in [1.807, 2.05) is 0 Å². The molecule has 0 aliphatic heterocycles. The van der Waals surface area contributed by atoms with Gasteiger partial charge in [0.1, 0.15) is 0 Å². The Morgan fingerprint density at radius 1 is 0.562 bits per heavy atom. The Morgan fingerprint density at radius 3 is 1.25 bits per heavy atom. The second-order valence-corrected chi connectivity index (χ2v) is 11.0. The smallest absolute Gasteiger partial charge is 0.299 e. The summed E-state index contributed by atoms with van der Waals surface area (Å²) in [5, 5.41) is 0. The van der Waals surface area contributed by atoms with Crippen molar-refractivity contribution in [2.75, 3.05) is 6.61 Å². The lowest BCUT2D eigenvalue weighted by atomic mass is 10.0. The lowest BCUT2D eigenvalue weighted by molar-refractivity contribution is 0.270. The van der Waals surface area contributed by atoms with E-state index in [9.17, 15) is 12.8 Å². The number of hydrogen-bond donors (Lipinski definition) is 1. The molecule has 0 saturated carbocycles. The number of hydrogen-bond acceptors (Lipinski definition) is 4. The van der Waals surface area contributed by atoms with Gasteiger partial charge in [-0.3, -0.25) is 4.18 Å². The van der Waals surface area contributed by atoms with Crippen molar-refractivity contribution in [2.24, 2.45) is 0 Å². The fourth-order valence-electron chi connectivity index (χ4n) is 3.95. The molecule has 0 aliphatic carbocycles. The Kier molecular flexibility index (Phi) is 27.0. The van der Waals surface area contributed by atoms with Gasteiger partial charge in [-0.25, -0.2) is 4.39 Å². The molecule has 196 valence electrons. The molecule has 1 unspecified atom stereocenters. The molecule has 0 aliphatic rings. The first kappa shape index (κ1) is 34.0. The quantitative estimate of drug-likeness (QED) is 0.104. The molecule has 32 heavy (non-hydrogen) atoms. The van der Waals surface area contributed by atoms with Gasteiger partial charge in [-0.15, -0.1) is 0 Å². The lowest BCUT2D eigenvalue weighted by Crippen LogP contribution is -2.19. The minimum Gasteiger partial charge on any atom is -0.344 e. The SMILES string of the molecule is CCCCCCCCCCCCCCCOS(=O)(=O)C(F)CCCCCCCCCC.N. The third-order valence-electron chi connectivity index (χ3n) is 6.09. The van der Waals surface area contributed by atoms with Crippen molar-refractivity contribution in [1.29, 1.82) is 0 Å². The number of alkyl halides is 1. The summed E-state index contributed by atoms with van der Waals surface area (Å²) in [5.41, 5.74) is -1.87. The van der Waals surface area contributed by atoms with E-state index in [0.29, 0.717) is 12.8 Å². The van der Waals surface area contributed by atoms with Crippen LogP contribution in [0.5, 0.6) is 0 Å². The third-order valence-corrected chi connectivity index (χ3v) is 7.45. The van der Waals surface area contributed by atoms with Crippen molar-refractivity contribution in [3.05, 3.63) is 0 Å². The van der Waals surface area contributed by atoms with Crippen LogP contribution in [0.2, 0.25) is 0 Å². The van der Waals surface area contributed by atoms with Crippen molar-refractivity contribution >= 4 is 10.1 Å². The predicted molar refractivity (Wildman–Crippen MR) is 138 cm³/mol. The summed E-state index contributed by atoms with van der Waals surface area (Å²) in [6, 6.07) is 0. The van der Waals surface area contributed by atoms with E-state index < -0.39 is 15.6 Å². The summed E-state index contributed by atoms with van der Waals surface area (Å²) in [6.07, 6.45) is 24.9. The van der Waals surface area contributed by atoms with Crippen molar-refractivity contribution in [2.45, 2.75) is 161 Å². The monoisotopic (exact) mass is 481 g/mol. The minimum absolute atomic E-state index is 0. The van der Waals surface area contributed by atoms with Crippen molar-refractivity contribution < 1.29 is 17.0 Å². The van der Waals surface area contributed by atoms with Gasteiger partial charge < -0.3 is 6.15 Å². The van der Waals surface area contributed by atoms with Crippen molar-refractivity contribution in [3.63, 3.8) is 0 Å². The maximum atomic E-state index is 14.0. The standard InChI is InChI=1S/C26H53FO3S.H3N/c1-3-5-7-9-11-13-14-15-16-17-19-21-23-25-30-31(28,29)26(27)24-22-20-18-12-10-8-6-4-2;/h26H,3-25H2,1-2H3;1H3. The average Bonchev–Trinajstić information content (AvgIpc) is 2.75. The van der Waals surface area contributed by atoms with Crippen LogP contribution < -0.4 is 6.15 Å². The maximum absolute atomic E-state index is 14.0. The highest BCUT2D eigenvalue weighted by Crippen LogP contribution is 2.17. The molecule has 0 bridgehead atoms. The molecule has 0 spiro atoms. The van der Waals surface area contributed by atoms with Crippen LogP contribution >= 0.6 is 0 Å². The maximum Gasteiger partial charge on any atom is 0.299 e. The highest BCUT2D eigenvalue weighted by Gasteiger charge is 2.25. The van der Waals surface area contributed by atoms with Gasteiger partial charge in [-0.1, -0.05) is 136 Å². The fourth-order valence-corrected chi connectivity index (χ4v) is 4.90. The molecule has 0 rings (SSSR count). The Bertz CT molecular complexity index is 460. The van der Waals surface area contributed by atoms with E-state index in [4.69, 9.17) is 4.18 Å². The van der Waals surface area contributed by atoms with E-state index in [2.05, 4.69) is 13.8 Å². The molecule has 0 saturated heterocycles. The first-order valence-corrected chi connectivity index (χ1v) is 15.0. The number of unbranched alkanes of at least 4 members (excludes halogenated alkanes) is 19. The first-order valence-electron chi connectivity index (χ1n) is 13.6. The molecule has 0 heterocycles. The summed E-state index contributed by atoms with van der Waals surface area (Å²) in [6.45, 7) is 4.57. The van der Waals surface area contributed by atoms with Gasteiger partial charge in [-0.05, 0) is 19.3 Å². The second-order valence-electron chi connectivity index (χ2n) is 9.23. The van der Waals surface area contributed by atoms with Crippen LogP contribution in [0.3, 0.4) is 0 Å². The fraction of sp³-hybridized carbons (Fsp3) is 1.00. The summed E-state index contributed by atoms with van der Waals surface area (Å²) in [4.78, 5) is 0. The van der Waals surface area contributed by atoms with E-state index in [-0.39, 0.29) is 19.2 Å². The lowest BCUT2D eigenvalue weighted by Gasteiger charge is -2.10. The average molecular weight is 482 g/mol. The molecule has 6 heteroatoms. The van der Waals surface area contributed by atoms with E-state index >= 15 is 0 Å². The van der Waals surface area contributed by atoms with Gasteiger partial charge in [0.05, 0.1) is 6.61 Å². The van der Waals surface area contributed by atoms with Gasteiger partial charge in [-0.2, -0.15) is 8.42 Å². The highest BCUT2D eigenvalue weighted by molar-refractivity contribution is 7.87. The second kappa shape index (κ2) is 25.4. The molecule has 0 amide bonds. The Hall–Kier alpha value is -0.200. The molecule has 0 aromatic carbocycles. The summed E-state index contributed by atoms with van der Waals surface area (Å²) in [7, 11) is -4.05. The Balaban J connectivity index is 0. The molecule has 1 atom stereocenters. The molecule has 3 N–H and O–H groups in total. The zero-order chi connectivity index (χ0) is 23.0. The van der Waals surface area contributed by atoms with Crippen LogP contribution in [0.15, 0.2) is 0 Å². The van der Waals surface area contributed by atoms with Gasteiger partial charge in [0.15, 0.2) is 0 Å². The van der Waals surface area contributed by atoms with Crippen LogP contribution in [0, 0.1) is 0 Å². The number of halogens is 1. The molecular formula is C26H56FNO3S. The molecule has 4 nitrogen and oxygen atoms in total. The van der Waals surface area contributed by atoms with Crippen LogP contribution in [-0.2, 0) is 14.3 Å². The number of rotatable bonds is 25. The Morgan fingerprint density at radius 2 is 0.875 bits per heavy atom. The Labute approximate surface area is 200 Å². The van der Waals surface area contributed by atoms with E-state index in [1.165, 1.54) is 96.3 Å². The zero-order valence-electron chi connectivity index (χ0n) is 21.6. The van der Waals surface area contributed by atoms with Crippen LogP contribution in [0.25, 0.3) is 0 Å². The first-order chi connectivity index (χ1) is 15.0. The molecule has 0 fully saturated rings. The van der Waals surface area contributed by atoms with Crippen LogP contribution in [0.1, 0.15) is 155 Å². The summed E-state index contributed by atoms with van der Waals surface area (Å²) < 4.78 is 42.7. The molecule has 0 radical (unpaired) electrons.